The van der Waals surface area contributed by atoms with Gasteiger partial charge in [0.2, 0.25) is 0 Å². The molecule has 122 valence electrons. The number of nitrogens with one attached hydrogen (secondary N) is 2. The number of fused-ring (bicyclic) bond motifs is 3. The molecular weight excluding hydrogens is 345 g/mol. The van der Waals surface area contributed by atoms with Crippen LogP contribution in [0.5, 0.6) is 0 Å². The smallest absolute Gasteiger partial charge is 0.322 e. The Morgan fingerprint density at radius 2 is 1.96 bits per heavy atom. The Kier molecular flexibility index (Phi) is 3.87. The number of rotatable bonds is 1. The highest BCUT2D eigenvalue weighted by Crippen LogP contribution is 2.30. The van der Waals surface area contributed by atoms with E-state index in [1.54, 1.807) is 17.0 Å². The van der Waals surface area contributed by atoms with Crippen LogP contribution in [0.3, 0.4) is 0 Å². The number of urea groups is 1. The van der Waals surface area contributed by atoms with Gasteiger partial charge in [0, 0.05) is 57.4 Å². The predicted molar refractivity (Wildman–Crippen MR) is 97.9 cm³/mol. The van der Waals surface area contributed by atoms with Gasteiger partial charge >= 0.3 is 6.03 Å². The van der Waals surface area contributed by atoms with Gasteiger partial charge in [0.05, 0.1) is 0 Å². The van der Waals surface area contributed by atoms with Crippen LogP contribution in [0.2, 0.25) is 10.0 Å². The standard InChI is InChI=1S/C18H15Cl2N3O/c19-11-2-1-3-13(8-11)21-18(24)23-7-6-17-15(10-23)14-9-12(20)4-5-16(14)22-17/h1-5,8-9,22H,6-7,10H2,(H,21,24). The number of anilines is 1. The monoisotopic (exact) mass is 359 g/mol. The van der Waals surface area contributed by atoms with Gasteiger partial charge in [-0.15, -0.1) is 0 Å². The third-order valence-electron chi connectivity index (χ3n) is 4.30. The van der Waals surface area contributed by atoms with Crippen molar-refractivity contribution < 1.29 is 4.79 Å². The Bertz CT molecular complexity index is 935. The summed E-state index contributed by atoms with van der Waals surface area (Å²) >= 11 is 12.1. The van der Waals surface area contributed by atoms with Crippen molar-refractivity contribution in [2.24, 2.45) is 0 Å². The number of aromatic amines is 1. The molecule has 0 radical (unpaired) electrons. The van der Waals surface area contributed by atoms with E-state index < -0.39 is 0 Å². The van der Waals surface area contributed by atoms with Crippen LogP contribution in [0.25, 0.3) is 10.9 Å². The second kappa shape index (κ2) is 6.04. The van der Waals surface area contributed by atoms with Crippen LogP contribution in [0, 0.1) is 0 Å². The second-order valence-corrected chi connectivity index (χ2v) is 6.76. The summed E-state index contributed by atoms with van der Waals surface area (Å²) in [5.41, 5.74) is 4.07. The Balaban J connectivity index is 1.58. The zero-order chi connectivity index (χ0) is 16.7. The molecule has 2 amide bonds. The number of aromatic nitrogens is 1. The Morgan fingerprint density at radius 3 is 2.79 bits per heavy atom. The molecule has 1 aliphatic heterocycles. The van der Waals surface area contributed by atoms with E-state index in [2.05, 4.69) is 10.3 Å². The molecule has 1 aliphatic rings. The normalized spacial score (nSPS) is 13.8. The van der Waals surface area contributed by atoms with Crippen molar-refractivity contribution in [1.29, 1.82) is 0 Å². The summed E-state index contributed by atoms with van der Waals surface area (Å²) in [5.74, 6) is 0. The van der Waals surface area contributed by atoms with E-state index in [9.17, 15) is 4.79 Å². The van der Waals surface area contributed by atoms with Crippen molar-refractivity contribution in [3.8, 4) is 0 Å². The first-order valence-electron chi connectivity index (χ1n) is 7.70. The van der Waals surface area contributed by atoms with Crippen LogP contribution in [0.4, 0.5) is 10.5 Å². The molecule has 2 N–H and O–H groups in total. The third-order valence-corrected chi connectivity index (χ3v) is 4.77. The van der Waals surface area contributed by atoms with E-state index in [4.69, 9.17) is 23.2 Å². The molecule has 2 heterocycles. The maximum atomic E-state index is 12.5. The first-order chi connectivity index (χ1) is 11.6. The summed E-state index contributed by atoms with van der Waals surface area (Å²) in [4.78, 5) is 17.8. The molecule has 0 saturated heterocycles. The molecule has 4 nitrogen and oxygen atoms in total. The van der Waals surface area contributed by atoms with E-state index in [-0.39, 0.29) is 6.03 Å². The molecule has 0 spiro atoms. The first kappa shape index (κ1) is 15.4. The summed E-state index contributed by atoms with van der Waals surface area (Å²) in [6, 6.07) is 12.8. The Hall–Kier alpha value is -2.17. The molecule has 6 heteroatoms. The molecule has 4 rings (SSSR count). The number of hydrogen-bond acceptors (Lipinski definition) is 1. The zero-order valence-corrected chi connectivity index (χ0v) is 14.3. The Morgan fingerprint density at radius 1 is 1.12 bits per heavy atom. The molecule has 0 atom stereocenters. The van der Waals surface area contributed by atoms with Crippen molar-refractivity contribution in [1.82, 2.24) is 9.88 Å². The second-order valence-electron chi connectivity index (χ2n) is 5.88. The van der Waals surface area contributed by atoms with Gasteiger partial charge in [0.1, 0.15) is 0 Å². The molecule has 3 aromatic rings. The highest BCUT2D eigenvalue weighted by molar-refractivity contribution is 6.31. The van der Waals surface area contributed by atoms with E-state index in [0.29, 0.717) is 28.8 Å². The van der Waals surface area contributed by atoms with E-state index in [1.165, 1.54) is 5.69 Å². The molecule has 1 aromatic heterocycles. The highest BCUT2D eigenvalue weighted by atomic mass is 35.5. The average molecular weight is 360 g/mol. The van der Waals surface area contributed by atoms with Crippen LogP contribution >= 0.6 is 23.2 Å². The zero-order valence-electron chi connectivity index (χ0n) is 12.8. The van der Waals surface area contributed by atoms with Gasteiger partial charge in [0.15, 0.2) is 0 Å². The third kappa shape index (κ3) is 2.83. The molecule has 24 heavy (non-hydrogen) atoms. The number of amides is 2. The first-order valence-corrected chi connectivity index (χ1v) is 8.46. The average Bonchev–Trinajstić information content (AvgIpc) is 2.92. The summed E-state index contributed by atoms with van der Waals surface area (Å²) in [6.45, 7) is 1.22. The van der Waals surface area contributed by atoms with Gasteiger partial charge < -0.3 is 15.2 Å². The van der Waals surface area contributed by atoms with Crippen LogP contribution in [-0.2, 0) is 13.0 Å². The largest absolute Gasteiger partial charge is 0.358 e. The number of benzene rings is 2. The minimum atomic E-state index is -0.126. The molecule has 0 bridgehead atoms. The summed E-state index contributed by atoms with van der Waals surface area (Å²) < 4.78 is 0. The Labute approximate surface area is 149 Å². The minimum absolute atomic E-state index is 0.126. The van der Waals surface area contributed by atoms with Crippen LogP contribution in [0.15, 0.2) is 42.5 Å². The number of halogens is 2. The summed E-state index contributed by atoms with van der Waals surface area (Å²) in [7, 11) is 0. The molecule has 0 unspecified atom stereocenters. The fraction of sp³-hybridized carbons (Fsp3) is 0.167. The molecule has 0 aliphatic carbocycles. The van der Waals surface area contributed by atoms with Gasteiger partial charge in [-0.3, -0.25) is 0 Å². The SMILES string of the molecule is O=C(Nc1cccc(Cl)c1)N1CCc2[nH]c3ccc(Cl)cc3c2C1. The van der Waals surface area contributed by atoms with Crippen molar-refractivity contribution in [2.45, 2.75) is 13.0 Å². The van der Waals surface area contributed by atoms with Crippen molar-refractivity contribution in [3.05, 3.63) is 63.8 Å². The number of carbonyl (C=O) groups excluding carboxylic acids is 1. The van der Waals surface area contributed by atoms with Gasteiger partial charge in [-0.25, -0.2) is 4.79 Å². The topological polar surface area (TPSA) is 48.1 Å². The van der Waals surface area contributed by atoms with Gasteiger partial charge in [-0.2, -0.15) is 0 Å². The van der Waals surface area contributed by atoms with Crippen molar-refractivity contribution >= 4 is 45.8 Å². The summed E-state index contributed by atoms with van der Waals surface area (Å²) in [5, 5.41) is 5.28. The maximum absolute atomic E-state index is 12.5. The lowest BCUT2D eigenvalue weighted by Crippen LogP contribution is -2.38. The van der Waals surface area contributed by atoms with Gasteiger partial charge in [0.25, 0.3) is 0 Å². The van der Waals surface area contributed by atoms with E-state index in [1.807, 2.05) is 30.3 Å². The van der Waals surface area contributed by atoms with Crippen molar-refractivity contribution in [3.63, 3.8) is 0 Å². The molecular formula is C18H15Cl2N3O. The van der Waals surface area contributed by atoms with Crippen molar-refractivity contribution in [2.75, 3.05) is 11.9 Å². The van der Waals surface area contributed by atoms with Crippen LogP contribution in [0.1, 0.15) is 11.3 Å². The minimum Gasteiger partial charge on any atom is -0.358 e. The van der Waals surface area contributed by atoms with E-state index in [0.717, 1.165) is 22.9 Å². The summed E-state index contributed by atoms with van der Waals surface area (Å²) in [6.07, 6.45) is 0.796. The lowest BCUT2D eigenvalue weighted by Gasteiger charge is -2.27. The van der Waals surface area contributed by atoms with Crippen LogP contribution < -0.4 is 5.32 Å². The highest BCUT2D eigenvalue weighted by Gasteiger charge is 2.24. The molecule has 2 aromatic carbocycles. The van der Waals surface area contributed by atoms with Gasteiger partial charge in [-0.05, 0) is 36.4 Å². The predicted octanol–water partition coefficient (Wildman–Crippen LogP) is 5.06. The number of nitrogens with zero attached hydrogens (tertiary/aromatic N) is 1. The molecule has 0 saturated carbocycles. The lowest BCUT2D eigenvalue weighted by molar-refractivity contribution is 0.206. The fourth-order valence-corrected chi connectivity index (χ4v) is 3.49. The maximum Gasteiger partial charge on any atom is 0.322 e. The van der Waals surface area contributed by atoms with E-state index >= 15 is 0 Å². The number of carbonyl (C=O) groups is 1. The van der Waals surface area contributed by atoms with Crippen LogP contribution in [-0.4, -0.2) is 22.5 Å². The van der Waals surface area contributed by atoms with Gasteiger partial charge in [-0.1, -0.05) is 29.3 Å². The number of hydrogen-bond donors (Lipinski definition) is 2. The fourth-order valence-electron chi connectivity index (χ4n) is 3.13. The lowest BCUT2D eigenvalue weighted by atomic mass is 10.0. The molecule has 0 fully saturated rings. The number of H-pyrrole nitrogens is 1. The quantitative estimate of drug-likeness (QED) is 0.626.